The first-order valence-electron chi connectivity index (χ1n) is 7.28. The van der Waals surface area contributed by atoms with Crippen LogP contribution in [-0.2, 0) is 4.79 Å². The molecule has 0 atom stereocenters. The van der Waals surface area contributed by atoms with Gasteiger partial charge >= 0.3 is 0 Å². The standard InChI is InChI=1S/C17H22BrNO3/c1-5-7-9-22-17-11-16(19(8-6-2)13(4)21)15(18)10-14(17)12(3)20/h6,10-11H,2,5,7-9H2,1,3-4H3. The van der Waals surface area contributed by atoms with Gasteiger partial charge in [0.05, 0.1) is 17.9 Å². The second kappa shape index (κ2) is 8.73. The van der Waals surface area contributed by atoms with E-state index >= 15 is 0 Å². The van der Waals surface area contributed by atoms with Crippen LogP contribution in [-0.4, -0.2) is 24.8 Å². The van der Waals surface area contributed by atoms with Crippen molar-refractivity contribution in [1.29, 1.82) is 0 Å². The van der Waals surface area contributed by atoms with E-state index in [1.165, 1.54) is 13.8 Å². The van der Waals surface area contributed by atoms with Crippen molar-refractivity contribution >= 4 is 33.3 Å². The maximum Gasteiger partial charge on any atom is 0.224 e. The minimum atomic E-state index is -0.101. The van der Waals surface area contributed by atoms with Gasteiger partial charge in [-0.05, 0) is 35.3 Å². The van der Waals surface area contributed by atoms with E-state index in [1.807, 2.05) is 0 Å². The Hall–Kier alpha value is -1.62. The molecule has 22 heavy (non-hydrogen) atoms. The summed E-state index contributed by atoms with van der Waals surface area (Å²) in [4.78, 5) is 25.2. The molecule has 120 valence electrons. The fourth-order valence-electron chi connectivity index (χ4n) is 2.00. The van der Waals surface area contributed by atoms with E-state index in [0.29, 0.717) is 34.6 Å². The fourth-order valence-corrected chi connectivity index (χ4v) is 2.55. The lowest BCUT2D eigenvalue weighted by Gasteiger charge is -2.22. The summed E-state index contributed by atoms with van der Waals surface area (Å²) in [6.07, 6.45) is 3.57. The van der Waals surface area contributed by atoms with Gasteiger partial charge in [0.25, 0.3) is 0 Å². The molecule has 0 bridgehead atoms. The van der Waals surface area contributed by atoms with Gasteiger partial charge < -0.3 is 9.64 Å². The number of Topliss-reactive ketones (excluding diaryl/α,β-unsaturated/α-hetero) is 1. The molecule has 0 fully saturated rings. The number of rotatable bonds is 8. The highest BCUT2D eigenvalue weighted by Crippen LogP contribution is 2.34. The van der Waals surface area contributed by atoms with E-state index < -0.39 is 0 Å². The second-order valence-corrected chi connectivity index (χ2v) is 5.83. The van der Waals surface area contributed by atoms with Crippen LogP contribution in [0.1, 0.15) is 44.0 Å². The lowest BCUT2D eigenvalue weighted by molar-refractivity contribution is -0.116. The molecule has 0 N–H and O–H groups in total. The number of amides is 1. The number of halogens is 1. The van der Waals surface area contributed by atoms with Crippen molar-refractivity contribution < 1.29 is 14.3 Å². The second-order valence-electron chi connectivity index (χ2n) is 4.98. The SMILES string of the molecule is C=CCN(C(C)=O)c1cc(OCCCC)c(C(C)=O)cc1Br. The van der Waals surface area contributed by atoms with E-state index in [2.05, 4.69) is 29.4 Å². The molecular weight excluding hydrogens is 346 g/mol. The lowest BCUT2D eigenvalue weighted by Crippen LogP contribution is -2.29. The minimum absolute atomic E-state index is 0.0724. The number of anilines is 1. The van der Waals surface area contributed by atoms with Crippen LogP contribution in [0, 0.1) is 0 Å². The van der Waals surface area contributed by atoms with Gasteiger partial charge in [-0.25, -0.2) is 0 Å². The molecule has 0 aliphatic carbocycles. The Morgan fingerprint density at radius 1 is 1.36 bits per heavy atom. The molecule has 0 spiro atoms. The predicted octanol–water partition coefficient (Wildman–Crippen LogP) is 4.37. The Labute approximate surface area is 140 Å². The van der Waals surface area contributed by atoms with E-state index in [4.69, 9.17) is 4.74 Å². The van der Waals surface area contributed by atoms with Gasteiger partial charge in [0, 0.05) is 24.0 Å². The van der Waals surface area contributed by atoms with Crippen LogP contribution in [0.3, 0.4) is 0 Å². The topological polar surface area (TPSA) is 46.6 Å². The number of carbonyl (C=O) groups excluding carboxylic acids is 2. The van der Waals surface area contributed by atoms with Crippen molar-refractivity contribution in [3.63, 3.8) is 0 Å². The number of carbonyl (C=O) groups is 2. The third-order valence-electron chi connectivity index (χ3n) is 3.17. The van der Waals surface area contributed by atoms with Crippen LogP contribution >= 0.6 is 15.9 Å². The summed E-state index contributed by atoms with van der Waals surface area (Å²) in [5.41, 5.74) is 1.18. The molecule has 0 heterocycles. The number of ketones is 1. The Morgan fingerprint density at radius 3 is 2.55 bits per heavy atom. The van der Waals surface area contributed by atoms with Crippen molar-refractivity contribution in [3.05, 3.63) is 34.8 Å². The van der Waals surface area contributed by atoms with Crippen LogP contribution in [0.4, 0.5) is 5.69 Å². The summed E-state index contributed by atoms with van der Waals surface area (Å²) in [6, 6.07) is 3.44. The zero-order chi connectivity index (χ0) is 16.7. The molecule has 1 aromatic rings. The van der Waals surface area contributed by atoms with Gasteiger partial charge in [-0.15, -0.1) is 6.58 Å². The molecule has 0 aliphatic heterocycles. The maximum absolute atomic E-state index is 11.8. The average molecular weight is 368 g/mol. The van der Waals surface area contributed by atoms with Crippen molar-refractivity contribution in [2.45, 2.75) is 33.6 Å². The molecule has 0 saturated heterocycles. The smallest absolute Gasteiger partial charge is 0.224 e. The van der Waals surface area contributed by atoms with E-state index in [0.717, 1.165) is 12.8 Å². The Balaban J connectivity index is 3.28. The molecule has 1 amide bonds. The molecule has 0 aliphatic rings. The lowest BCUT2D eigenvalue weighted by atomic mass is 10.1. The molecular formula is C17H22BrNO3. The third-order valence-corrected chi connectivity index (χ3v) is 3.80. The molecule has 0 aromatic heterocycles. The highest BCUT2D eigenvalue weighted by molar-refractivity contribution is 9.10. The van der Waals surface area contributed by atoms with Crippen LogP contribution in [0.15, 0.2) is 29.3 Å². The van der Waals surface area contributed by atoms with Crippen LogP contribution in [0.5, 0.6) is 5.75 Å². The molecule has 1 aromatic carbocycles. The minimum Gasteiger partial charge on any atom is -0.493 e. The zero-order valence-electron chi connectivity index (χ0n) is 13.3. The number of nitrogens with zero attached hydrogens (tertiary/aromatic N) is 1. The van der Waals surface area contributed by atoms with Gasteiger partial charge in [0.1, 0.15) is 5.75 Å². The average Bonchev–Trinajstić information content (AvgIpc) is 2.46. The predicted molar refractivity (Wildman–Crippen MR) is 92.8 cm³/mol. The van der Waals surface area contributed by atoms with Crippen molar-refractivity contribution in [2.24, 2.45) is 0 Å². The largest absolute Gasteiger partial charge is 0.493 e. The summed E-state index contributed by atoms with van der Waals surface area (Å²) in [5, 5.41) is 0. The Kier molecular flexibility index (Phi) is 7.32. The fraction of sp³-hybridized carbons (Fsp3) is 0.412. The van der Waals surface area contributed by atoms with Crippen LogP contribution in [0.25, 0.3) is 0 Å². The molecule has 4 nitrogen and oxygen atoms in total. The first-order chi connectivity index (χ1) is 10.4. The van der Waals surface area contributed by atoms with Gasteiger partial charge in [0.15, 0.2) is 5.78 Å². The first-order valence-corrected chi connectivity index (χ1v) is 8.07. The molecule has 5 heteroatoms. The molecule has 0 unspecified atom stereocenters. The van der Waals surface area contributed by atoms with Gasteiger partial charge in [-0.2, -0.15) is 0 Å². The van der Waals surface area contributed by atoms with Crippen molar-refractivity contribution in [3.8, 4) is 5.75 Å². The quantitative estimate of drug-likeness (QED) is 0.389. The molecule has 1 rings (SSSR count). The summed E-state index contributed by atoms with van der Waals surface area (Å²) in [6.45, 7) is 9.67. The summed E-state index contributed by atoms with van der Waals surface area (Å²) < 4.78 is 6.42. The number of unbranched alkanes of at least 4 members (excludes halogenated alkanes) is 1. The van der Waals surface area contributed by atoms with Gasteiger partial charge in [-0.1, -0.05) is 19.4 Å². The molecule has 0 radical (unpaired) electrons. The Morgan fingerprint density at radius 2 is 2.05 bits per heavy atom. The third kappa shape index (κ3) is 4.70. The highest BCUT2D eigenvalue weighted by atomic mass is 79.9. The van der Waals surface area contributed by atoms with E-state index in [1.54, 1.807) is 23.1 Å². The summed E-state index contributed by atoms with van der Waals surface area (Å²) in [7, 11) is 0. The number of ether oxygens (including phenoxy) is 1. The zero-order valence-corrected chi connectivity index (χ0v) is 14.9. The first kappa shape index (κ1) is 18.4. The summed E-state index contributed by atoms with van der Waals surface area (Å²) >= 11 is 3.43. The number of hydrogen-bond donors (Lipinski definition) is 0. The highest BCUT2D eigenvalue weighted by Gasteiger charge is 2.18. The van der Waals surface area contributed by atoms with E-state index in [9.17, 15) is 9.59 Å². The van der Waals surface area contributed by atoms with Gasteiger partial charge in [-0.3, -0.25) is 9.59 Å². The van der Waals surface area contributed by atoms with Gasteiger partial charge in [0.2, 0.25) is 5.91 Å². The van der Waals surface area contributed by atoms with E-state index in [-0.39, 0.29) is 11.7 Å². The monoisotopic (exact) mass is 367 g/mol. The molecule has 0 saturated carbocycles. The normalized spacial score (nSPS) is 10.2. The Bertz CT molecular complexity index is 569. The van der Waals surface area contributed by atoms with Crippen molar-refractivity contribution in [2.75, 3.05) is 18.1 Å². The van der Waals surface area contributed by atoms with Crippen LogP contribution in [0.2, 0.25) is 0 Å². The maximum atomic E-state index is 11.8. The van der Waals surface area contributed by atoms with Crippen LogP contribution < -0.4 is 9.64 Å². The summed E-state index contributed by atoms with van der Waals surface area (Å²) in [5.74, 6) is 0.335. The number of hydrogen-bond acceptors (Lipinski definition) is 3. The van der Waals surface area contributed by atoms with Crippen molar-refractivity contribution in [1.82, 2.24) is 0 Å². The number of benzene rings is 1.